The van der Waals surface area contributed by atoms with E-state index in [0.29, 0.717) is 5.90 Å². The third kappa shape index (κ3) is 1.88. The average molecular weight is 277 g/mol. The SMILES string of the molecule is Cc1ccc([C@@H]2CC23N=C(c2ccccc2)OC3=O)cc1. The molecule has 2 aromatic carbocycles. The number of benzene rings is 2. The number of aliphatic imine (C=N–C) groups is 1. The third-order valence-electron chi connectivity index (χ3n) is 4.28. The number of esters is 1. The molecule has 104 valence electrons. The first-order valence-electron chi connectivity index (χ1n) is 7.13. The van der Waals surface area contributed by atoms with Crippen molar-refractivity contribution in [1.29, 1.82) is 0 Å². The van der Waals surface area contributed by atoms with E-state index in [4.69, 9.17) is 4.74 Å². The average Bonchev–Trinajstić information content (AvgIpc) is 3.14. The van der Waals surface area contributed by atoms with Crippen LogP contribution >= 0.6 is 0 Å². The molecule has 2 atom stereocenters. The maximum Gasteiger partial charge on any atom is 0.341 e. The summed E-state index contributed by atoms with van der Waals surface area (Å²) in [6.45, 7) is 2.06. The molecular weight excluding hydrogens is 262 g/mol. The Labute approximate surface area is 123 Å². The summed E-state index contributed by atoms with van der Waals surface area (Å²) in [6, 6.07) is 17.9. The van der Waals surface area contributed by atoms with E-state index >= 15 is 0 Å². The molecule has 3 heteroatoms. The van der Waals surface area contributed by atoms with Crippen molar-refractivity contribution in [3.05, 3.63) is 71.3 Å². The Morgan fingerprint density at radius 2 is 1.81 bits per heavy atom. The molecule has 1 aliphatic carbocycles. The van der Waals surface area contributed by atoms with Gasteiger partial charge < -0.3 is 4.74 Å². The lowest BCUT2D eigenvalue weighted by Crippen LogP contribution is -2.18. The first-order chi connectivity index (χ1) is 10.2. The van der Waals surface area contributed by atoms with Crippen LogP contribution < -0.4 is 0 Å². The van der Waals surface area contributed by atoms with Gasteiger partial charge in [-0.15, -0.1) is 0 Å². The second kappa shape index (κ2) is 4.29. The molecule has 0 bridgehead atoms. The Hall–Kier alpha value is -2.42. The minimum atomic E-state index is -0.680. The number of cyclic esters (lactones) is 1. The molecule has 1 heterocycles. The standard InChI is InChI=1S/C18H15NO2/c1-12-7-9-13(10-8-12)15-11-18(15)17(20)21-16(19-18)14-5-3-2-4-6-14/h2-10,15H,11H2,1H3/t15-,18?/m0/s1. The lowest BCUT2D eigenvalue weighted by molar-refractivity contribution is -0.136. The largest absolute Gasteiger partial charge is 0.405 e. The van der Waals surface area contributed by atoms with Crippen LogP contribution in [0.4, 0.5) is 0 Å². The second-order valence-electron chi connectivity index (χ2n) is 5.76. The number of carbonyl (C=O) groups is 1. The third-order valence-corrected chi connectivity index (χ3v) is 4.28. The summed E-state index contributed by atoms with van der Waals surface area (Å²) in [6.07, 6.45) is 0.741. The molecule has 1 saturated carbocycles. The molecule has 0 amide bonds. The van der Waals surface area contributed by atoms with Crippen LogP contribution in [0.15, 0.2) is 59.6 Å². The van der Waals surface area contributed by atoms with Crippen molar-refractivity contribution in [2.45, 2.75) is 24.8 Å². The number of ether oxygens (including phenoxy) is 1. The van der Waals surface area contributed by atoms with Crippen LogP contribution in [0, 0.1) is 6.92 Å². The van der Waals surface area contributed by atoms with Crippen molar-refractivity contribution in [1.82, 2.24) is 0 Å². The lowest BCUT2D eigenvalue weighted by Gasteiger charge is -2.03. The highest BCUT2D eigenvalue weighted by Crippen LogP contribution is 2.57. The van der Waals surface area contributed by atoms with E-state index < -0.39 is 5.54 Å². The maximum absolute atomic E-state index is 12.3. The van der Waals surface area contributed by atoms with Gasteiger partial charge in [-0.1, -0.05) is 48.0 Å². The molecule has 0 radical (unpaired) electrons. The first kappa shape index (κ1) is 12.3. The molecule has 0 N–H and O–H groups in total. The van der Waals surface area contributed by atoms with Crippen LogP contribution in [-0.4, -0.2) is 17.4 Å². The highest BCUT2D eigenvalue weighted by molar-refractivity contribution is 6.09. The zero-order valence-electron chi connectivity index (χ0n) is 11.7. The zero-order chi connectivity index (χ0) is 14.4. The van der Waals surface area contributed by atoms with Crippen LogP contribution in [0.5, 0.6) is 0 Å². The van der Waals surface area contributed by atoms with E-state index in [9.17, 15) is 4.79 Å². The van der Waals surface area contributed by atoms with Crippen molar-refractivity contribution in [3.8, 4) is 0 Å². The Bertz CT molecular complexity index is 734. The Kier molecular flexibility index (Phi) is 2.52. The summed E-state index contributed by atoms with van der Waals surface area (Å²) in [5.41, 5.74) is 2.56. The number of rotatable bonds is 2. The molecule has 4 rings (SSSR count). The Morgan fingerprint density at radius 1 is 1.10 bits per heavy atom. The number of hydrogen-bond donors (Lipinski definition) is 0. The Morgan fingerprint density at radius 3 is 2.52 bits per heavy atom. The van der Waals surface area contributed by atoms with E-state index in [1.54, 1.807) is 0 Å². The first-order valence-corrected chi connectivity index (χ1v) is 7.13. The van der Waals surface area contributed by atoms with Gasteiger partial charge in [0, 0.05) is 11.5 Å². The summed E-state index contributed by atoms with van der Waals surface area (Å²) in [7, 11) is 0. The van der Waals surface area contributed by atoms with Gasteiger partial charge in [-0.25, -0.2) is 9.79 Å². The van der Waals surface area contributed by atoms with Crippen LogP contribution in [0.25, 0.3) is 0 Å². The fourth-order valence-electron chi connectivity index (χ4n) is 2.92. The van der Waals surface area contributed by atoms with Gasteiger partial charge in [0.15, 0.2) is 5.54 Å². The van der Waals surface area contributed by atoms with E-state index in [-0.39, 0.29) is 11.9 Å². The van der Waals surface area contributed by atoms with Gasteiger partial charge in [0.25, 0.3) is 0 Å². The summed E-state index contributed by atoms with van der Waals surface area (Å²) < 4.78 is 5.41. The summed E-state index contributed by atoms with van der Waals surface area (Å²) in [5, 5.41) is 0. The Balaban J connectivity index is 1.66. The van der Waals surface area contributed by atoms with Crippen molar-refractivity contribution in [2.24, 2.45) is 4.99 Å². The molecule has 1 unspecified atom stereocenters. The lowest BCUT2D eigenvalue weighted by atomic mass is 10.1. The molecule has 0 saturated heterocycles. The molecular formula is C18H15NO2. The molecule has 1 fully saturated rings. The van der Waals surface area contributed by atoms with E-state index in [0.717, 1.165) is 17.5 Å². The van der Waals surface area contributed by atoms with Crippen LogP contribution in [0.3, 0.4) is 0 Å². The molecule has 1 aliphatic heterocycles. The molecule has 21 heavy (non-hydrogen) atoms. The number of aryl methyl sites for hydroxylation is 1. The van der Waals surface area contributed by atoms with Gasteiger partial charge in [-0.3, -0.25) is 0 Å². The van der Waals surface area contributed by atoms with Gasteiger partial charge in [-0.2, -0.15) is 0 Å². The minimum absolute atomic E-state index is 0.145. The topological polar surface area (TPSA) is 38.7 Å². The van der Waals surface area contributed by atoms with Gasteiger partial charge in [0.05, 0.1) is 0 Å². The van der Waals surface area contributed by atoms with E-state index in [1.807, 2.05) is 30.3 Å². The minimum Gasteiger partial charge on any atom is -0.405 e. The number of carbonyl (C=O) groups excluding carboxylic acids is 1. The summed E-state index contributed by atoms with van der Waals surface area (Å²) >= 11 is 0. The fourth-order valence-corrected chi connectivity index (χ4v) is 2.92. The van der Waals surface area contributed by atoms with Gasteiger partial charge in [-0.05, 0) is 31.0 Å². The maximum atomic E-state index is 12.3. The van der Waals surface area contributed by atoms with Crippen molar-refractivity contribution < 1.29 is 9.53 Å². The van der Waals surface area contributed by atoms with Gasteiger partial charge in [0.2, 0.25) is 5.90 Å². The normalized spacial score (nSPS) is 26.6. The molecule has 1 spiro atoms. The quantitative estimate of drug-likeness (QED) is 0.790. The monoisotopic (exact) mass is 277 g/mol. The van der Waals surface area contributed by atoms with Crippen molar-refractivity contribution in [3.63, 3.8) is 0 Å². The highest BCUT2D eigenvalue weighted by Gasteiger charge is 2.65. The highest BCUT2D eigenvalue weighted by atomic mass is 16.6. The molecule has 0 aromatic heterocycles. The summed E-state index contributed by atoms with van der Waals surface area (Å²) in [4.78, 5) is 16.9. The zero-order valence-corrected chi connectivity index (χ0v) is 11.7. The number of hydrogen-bond acceptors (Lipinski definition) is 3. The van der Waals surface area contributed by atoms with Crippen LogP contribution in [-0.2, 0) is 9.53 Å². The molecule has 3 nitrogen and oxygen atoms in total. The number of nitrogens with zero attached hydrogens (tertiary/aromatic N) is 1. The van der Waals surface area contributed by atoms with Crippen molar-refractivity contribution in [2.75, 3.05) is 0 Å². The van der Waals surface area contributed by atoms with Crippen molar-refractivity contribution >= 4 is 11.9 Å². The fraction of sp³-hybridized carbons (Fsp3) is 0.222. The molecule has 2 aromatic rings. The second-order valence-corrected chi connectivity index (χ2v) is 5.76. The van der Waals surface area contributed by atoms with Gasteiger partial charge in [0.1, 0.15) is 0 Å². The smallest absolute Gasteiger partial charge is 0.341 e. The van der Waals surface area contributed by atoms with Crippen LogP contribution in [0.1, 0.15) is 29.0 Å². The van der Waals surface area contributed by atoms with Gasteiger partial charge >= 0.3 is 5.97 Å². The predicted octanol–water partition coefficient (Wildman–Crippen LogP) is 3.22. The van der Waals surface area contributed by atoms with E-state index in [1.165, 1.54) is 5.56 Å². The summed E-state index contributed by atoms with van der Waals surface area (Å²) in [5.74, 6) is 0.383. The van der Waals surface area contributed by atoms with Crippen LogP contribution in [0.2, 0.25) is 0 Å². The molecule has 2 aliphatic rings. The van der Waals surface area contributed by atoms with E-state index in [2.05, 4.69) is 36.2 Å². The predicted molar refractivity (Wildman–Crippen MR) is 80.3 cm³/mol.